The first-order valence-corrected chi connectivity index (χ1v) is 21.4. The van der Waals surface area contributed by atoms with Crippen molar-refractivity contribution in [2.75, 3.05) is 0 Å². The maximum atomic E-state index is 13.2. The summed E-state index contributed by atoms with van der Waals surface area (Å²) in [6, 6.07) is 14.5. The molecule has 2 aromatic carbocycles. The molecule has 0 aliphatic carbocycles. The lowest BCUT2D eigenvalue weighted by Gasteiger charge is -2.26. The summed E-state index contributed by atoms with van der Waals surface area (Å²) in [6.45, 7) is 3.85. The number of rotatable bonds is 32. The highest BCUT2D eigenvalue weighted by molar-refractivity contribution is 5.94. The van der Waals surface area contributed by atoms with Crippen LogP contribution in [0, 0.1) is 5.92 Å². The molecule has 14 nitrogen and oxygen atoms in total. The molecule has 0 spiro atoms. The molecule has 0 saturated carbocycles. The Hall–Kier alpha value is -5.27. The summed E-state index contributed by atoms with van der Waals surface area (Å²) in [5.41, 5.74) is 12.7. The normalized spacial score (nSPS) is 13.5. The number of amides is 6. The zero-order chi connectivity index (χ0) is 43.4. The van der Waals surface area contributed by atoms with Crippen molar-refractivity contribution in [2.24, 2.45) is 17.4 Å². The minimum atomic E-state index is -1.25. The summed E-state index contributed by atoms with van der Waals surface area (Å²) in [4.78, 5) is 86.9. The number of carbonyl (C=O) groups excluding carboxylic acids is 6. The third kappa shape index (κ3) is 21.9. The molecule has 0 aliphatic heterocycles. The summed E-state index contributed by atoms with van der Waals surface area (Å²) in [6.07, 6.45) is 13.3. The van der Waals surface area contributed by atoms with E-state index in [0.29, 0.717) is 25.7 Å². The lowest BCUT2D eigenvalue weighted by atomic mass is 9.97. The van der Waals surface area contributed by atoms with Crippen molar-refractivity contribution in [2.45, 2.75) is 160 Å². The van der Waals surface area contributed by atoms with Gasteiger partial charge in [-0.05, 0) is 42.7 Å². The van der Waals surface area contributed by atoms with E-state index in [-0.39, 0.29) is 31.1 Å². The predicted molar refractivity (Wildman–Crippen MR) is 227 cm³/mol. The molecule has 0 heterocycles. The highest BCUT2D eigenvalue weighted by atomic mass is 16.4. The number of hydrogen-bond donors (Lipinski definition) is 7. The summed E-state index contributed by atoms with van der Waals surface area (Å²) >= 11 is 0. The van der Waals surface area contributed by atoms with Crippen LogP contribution in [0.2, 0.25) is 0 Å². The Morgan fingerprint density at radius 1 is 0.576 bits per heavy atom. The Bertz CT molecular complexity index is 1590. The van der Waals surface area contributed by atoms with Crippen LogP contribution in [-0.4, -0.2) is 70.7 Å². The van der Waals surface area contributed by atoms with Gasteiger partial charge in [0.1, 0.15) is 24.2 Å². The van der Waals surface area contributed by atoms with E-state index in [9.17, 15) is 38.7 Å². The number of nitrogens with one attached hydrogen (secondary N) is 4. The Morgan fingerprint density at radius 2 is 1.03 bits per heavy atom. The maximum Gasteiger partial charge on any atom is 0.326 e. The summed E-state index contributed by atoms with van der Waals surface area (Å²) in [7, 11) is 0. The Balaban J connectivity index is 1.56. The van der Waals surface area contributed by atoms with Crippen molar-refractivity contribution in [3.63, 3.8) is 0 Å². The number of primary amides is 2. The van der Waals surface area contributed by atoms with Crippen LogP contribution >= 0.6 is 0 Å². The molecule has 326 valence electrons. The number of nitrogens with two attached hydrogens (primary N) is 2. The highest BCUT2D eigenvalue weighted by Crippen LogP contribution is 2.15. The van der Waals surface area contributed by atoms with Crippen molar-refractivity contribution >= 4 is 41.4 Å². The van der Waals surface area contributed by atoms with Crippen molar-refractivity contribution in [1.82, 2.24) is 21.3 Å². The number of benzene rings is 2. The fourth-order valence-electron chi connectivity index (χ4n) is 6.78. The maximum absolute atomic E-state index is 13.2. The molecule has 2 rings (SSSR count). The monoisotopic (exact) mass is 821 g/mol. The summed E-state index contributed by atoms with van der Waals surface area (Å²) < 4.78 is 0. The third-order valence-electron chi connectivity index (χ3n) is 10.5. The molecule has 0 aromatic heterocycles. The van der Waals surface area contributed by atoms with Crippen LogP contribution < -0.4 is 32.7 Å². The van der Waals surface area contributed by atoms with Crippen LogP contribution in [0.5, 0.6) is 0 Å². The van der Waals surface area contributed by atoms with E-state index in [4.69, 9.17) is 11.5 Å². The van der Waals surface area contributed by atoms with Gasteiger partial charge in [0.2, 0.25) is 35.4 Å². The fourth-order valence-corrected chi connectivity index (χ4v) is 6.78. The summed E-state index contributed by atoms with van der Waals surface area (Å²) in [5.74, 6) is -4.47. The van der Waals surface area contributed by atoms with Gasteiger partial charge in [0, 0.05) is 19.3 Å². The van der Waals surface area contributed by atoms with Crippen molar-refractivity contribution in [3.05, 3.63) is 71.8 Å². The number of carboxylic acids is 1. The minimum Gasteiger partial charge on any atom is -0.480 e. The van der Waals surface area contributed by atoms with Gasteiger partial charge in [-0.2, -0.15) is 0 Å². The average Bonchev–Trinajstić information content (AvgIpc) is 3.21. The standard InChI is InChI=1S/C45H68N6O8/c1-3-32(2)41(44(57)50-36(42(47)55)30-34-24-18-15-19-25-34)51-40(54)27-21-13-11-9-7-5-4-6-8-10-12-20-26-39(53)48-37(31-38(46)52)43(56)49-35(45(58)59)29-28-33-22-16-14-17-23-33/h14-19,22-25,32,35-37,41H,3-13,20-21,26-31H2,1-2H3,(H2,46,52)(H2,47,55)(H,48,53)(H,49,56)(H,50,57)(H,51,54)(H,58,59)/t32?,35-,36+,37-,41-/m0/s1. The SMILES string of the molecule is CCC(C)[C@H](NC(=O)CCCCCCCCCCCCCCC(=O)N[C@@H](CC(N)=O)C(=O)N[C@@H](CCc1ccccc1)C(=O)O)C(=O)N[C@H](Cc1ccccc1)C(N)=O. The second-order valence-electron chi connectivity index (χ2n) is 15.5. The van der Waals surface area contributed by atoms with Gasteiger partial charge in [0.25, 0.3) is 0 Å². The molecular formula is C45H68N6O8. The predicted octanol–water partition coefficient (Wildman–Crippen LogP) is 4.75. The molecule has 0 saturated heterocycles. The molecule has 0 radical (unpaired) electrons. The first kappa shape index (κ1) is 49.9. The number of hydrogen-bond acceptors (Lipinski definition) is 7. The molecule has 6 amide bonds. The quantitative estimate of drug-likeness (QED) is 0.0507. The lowest BCUT2D eigenvalue weighted by molar-refractivity contribution is -0.142. The highest BCUT2D eigenvalue weighted by Gasteiger charge is 2.30. The number of aryl methyl sites for hydroxylation is 1. The molecule has 59 heavy (non-hydrogen) atoms. The minimum absolute atomic E-state index is 0.121. The number of unbranched alkanes of at least 4 members (excludes halogenated alkanes) is 11. The first-order chi connectivity index (χ1) is 28.3. The van der Waals surface area contributed by atoms with E-state index in [1.807, 2.05) is 74.5 Å². The number of aliphatic carboxylic acids is 1. The second-order valence-corrected chi connectivity index (χ2v) is 15.5. The van der Waals surface area contributed by atoms with E-state index in [1.54, 1.807) is 0 Å². The van der Waals surface area contributed by atoms with E-state index in [1.165, 1.54) is 0 Å². The molecule has 14 heteroatoms. The van der Waals surface area contributed by atoms with Gasteiger partial charge >= 0.3 is 5.97 Å². The van der Waals surface area contributed by atoms with Gasteiger partial charge in [-0.1, -0.05) is 145 Å². The van der Waals surface area contributed by atoms with Crippen molar-refractivity contribution in [1.29, 1.82) is 0 Å². The fraction of sp³-hybridized carbons (Fsp3) is 0.578. The molecular weight excluding hydrogens is 753 g/mol. The average molecular weight is 821 g/mol. The zero-order valence-electron chi connectivity index (χ0n) is 35.1. The molecule has 9 N–H and O–H groups in total. The van der Waals surface area contributed by atoms with Crippen molar-refractivity contribution < 1.29 is 38.7 Å². The molecule has 0 aliphatic rings. The first-order valence-electron chi connectivity index (χ1n) is 21.4. The van der Waals surface area contributed by atoms with Crippen LogP contribution in [0.25, 0.3) is 0 Å². The van der Waals surface area contributed by atoms with Gasteiger partial charge < -0.3 is 37.8 Å². The number of carbonyl (C=O) groups is 7. The lowest BCUT2D eigenvalue weighted by Crippen LogP contribution is -2.55. The van der Waals surface area contributed by atoms with Crippen LogP contribution in [0.4, 0.5) is 0 Å². The van der Waals surface area contributed by atoms with E-state index < -0.39 is 66.1 Å². The molecule has 2 aromatic rings. The Morgan fingerprint density at radius 3 is 1.49 bits per heavy atom. The molecule has 5 atom stereocenters. The largest absolute Gasteiger partial charge is 0.480 e. The molecule has 0 bridgehead atoms. The molecule has 0 fully saturated rings. The van der Waals surface area contributed by atoms with Gasteiger partial charge in [-0.25, -0.2) is 4.79 Å². The van der Waals surface area contributed by atoms with E-state index in [2.05, 4.69) is 21.3 Å². The van der Waals surface area contributed by atoms with Crippen LogP contribution in [0.15, 0.2) is 60.7 Å². The van der Waals surface area contributed by atoms with Crippen LogP contribution in [-0.2, 0) is 46.4 Å². The summed E-state index contributed by atoms with van der Waals surface area (Å²) in [5, 5.41) is 20.3. The smallest absolute Gasteiger partial charge is 0.326 e. The van der Waals surface area contributed by atoms with E-state index in [0.717, 1.165) is 81.8 Å². The van der Waals surface area contributed by atoms with Crippen LogP contribution in [0.1, 0.15) is 134 Å². The van der Waals surface area contributed by atoms with Crippen molar-refractivity contribution in [3.8, 4) is 0 Å². The van der Waals surface area contributed by atoms with Gasteiger partial charge in [-0.15, -0.1) is 0 Å². The van der Waals surface area contributed by atoms with Gasteiger partial charge in [-0.3, -0.25) is 28.8 Å². The van der Waals surface area contributed by atoms with E-state index >= 15 is 0 Å². The van der Waals surface area contributed by atoms with Gasteiger partial charge in [0.15, 0.2) is 0 Å². The van der Waals surface area contributed by atoms with Crippen LogP contribution in [0.3, 0.4) is 0 Å². The Kier molecular flexibility index (Phi) is 24.5. The van der Waals surface area contributed by atoms with Gasteiger partial charge in [0.05, 0.1) is 6.42 Å². The number of carboxylic acid groups (broad SMARTS) is 1. The third-order valence-corrected chi connectivity index (χ3v) is 10.5. The Labute approximate surface area is 349 Å². The molecule has 1 unspecified atom stereocenters. The topological polar surface area (TPSA) is 240 Å². The zero-order valence-corrected chi connectivity index (χ0v) is 35.1. The second kappa shape index (κ2) is 29.0.